The first-order chi connectivity index (χ1) is 7.60. The minimum Gasteiger partial charge on any atom is -0.481 e. The van der Waals surface area contributed by atoms with Crippen LogP contribution < -0.4 is 0 Å². The lowest BCUT2D eigenvalue weighted by Crippen LogP contribution is -2.21. The molecule has 0 spiro atoms. The molecule has 2 rings (SSSR count). The van der Waals surface area contributed by atoms with Crippen molar-refractivity contribution in [1.29, 1.82) is 0 Å². The summed E-state index contributed by atoms with van der Waals surface area (Å²) in [6.45, 7) is 0.364. The average Bonchev–Trinajstić information content (AvgIpc) is 3.02. The van der Waals surface area contributed by atoms with Gasteiger partial charge in [0.15, 0.2) is 0 Å². The molecule has 0 aliphatic heterocycles. The number of rotatable bonds is 4. The van der Waals surface area contributed by atoms with E-state index < -0.39 is 17.2 Å². The van der Waals surface area contributed by atoms with Gasteiger partial charge in [-0.3, -0.25) is 4.79 Å². The van der Waals surface area contributed by atoms with Gasteiger partial charge in [0.2, 0.25) is 0 Å². The highest BCUT2D eigenvalue weighted by Crippen LogP contribution is 2.49. The van der Waals surface area contributed by atoms with Gasteiger partial charge < -0.3 is 9.84 Å². The van der Waals surface area contributed by atoms with Crippen LogP contribution in [0.3, 0.4) is 0 Å². The maximum atomic E-state index is 13.6. The van der Waals surface area contributed by atoms with Gasteiger partial charge in [-0.25, -0.2) is 4.39 Å². The summed E-state index contributed by atoms with van der Waals surface area (Å²) >= 11 is 0. The van der Waals surface area contributed by atoms with Gasteiger partial charge in [0, 0.05) is 12.7 Å². The topological polar surface area (TPSA) is 46.5 Å². The third-order valence-electron chi connectivity index (χ3n) is 3.02. The van der Waals surface area contributed by atoms with E-state index in [4.69, 9.17) is 9.84 Å². The molecule has 16 heavy (non-hydrogen) atoms. The predicted molar refractivity (Wildman–Crippen MR) is 55.7 cm³/mol. The standard InChI is InChI=1S/C12H13FO3/c1-16-7-8-2-3-10(13)9(6-8)12(4-5-12)11(14)15/h2-3,6H,4-5,7H2,1H3,(H,14,15). The lowest BCUT2D eigenvalue weighted by Gasteiger charge is -2.12. The van der Waals surface area contributed by atoms with E-state index >= 15 is 0 Å². The predicted octanol–water partition coefficient (Wildman–Crippen LogP) is 2.09. The summed E-state index contributed by atoms with van der Waals surface area (Å²) in [5.74, 6) is -1.39. The van der Waals surface area contributed by atoms with Crippen molar-refractivity contribution in [1.82, 2.24) is 0 Å². The number of hydrogen-bond donors (Lipinski definition) is 1. The fourth-order valence-electron chi connectivity index (χ4n) is 1.92. The van der Waals surface area contributed by atoms with Gasteiger partial charge in [0.05, 0.1) is 12.0 Å². The highest BCUT2D eigenvalue weighted by atomic mass is 19.1. The molecule has 0 radical (unpaired) electrons. The molecule has 1 aliphatic carbocycles. The summed E-state index contributed by atoms with van der Waals surface area (Å²) in [7, 11) is 1.55. The molecular formula is C12H13FO3. The van der Waals surface area contributed by atoms with Crippen molar-refractivity contribution < 1.29 is 19.0 Å². The molecular weight excluding hydrogens is 211 g/mol. The second-order valence-corrected chi connectivity index (χ2v) is 4.13. The fraction of sp³-hybridized carbons (Fsp3) is 0.417. The van der Waals surface area contributed by atoms with E-state index in [1.807, 2.05) is 0 Å². The maximum Gasteiger partial charge on any atom is 0.314 e. The normalized spacial score (nSPS) is 17.1. The molecule has 0 unspecified atom stereocenters. The lowest BCUT2D eigenvalue weighted by molar-refractivity contribution is -0.140. The first kappa shape index (κ1) is 11.1. The Morgan fingerprint density at radius 3 is 2.75 bits per heavy atom. The van der Waals surface area contributed by atoms with E-state index in [0.717, 1.165) is 5.56 Å². The van der Waals surface area contributed by atoms with E-state index in [9.17, 15) is 9.18 Å². The Hall–Kier alpha value is -1.42. The molecule has 0 amide bonds. The molecule has 0 heterocycles. The number of carbonyl (C=O) groups is 1. The second kappa shape index (κ2) is 3.87. The van der Waals surface area contributed by atoms with Crippen LogP contribution in [0, 0.1) is 5.82 Å². The number of hydrogen-bond acceptors (Lipinski definition) is 2. The first-order valence-electron chi connectivity index (χ1n) is 5.11. The van der Waals surface area contributed by atoms with Crippen molar-refractivity contribution in [2.75, 3.05) is 7.11 Å². The Labute approximate surface area is 92.9 Å². The van der Waals surface area contributed by atoms with Gasteiger partial charge >= 0.3 is 5.97 Å². The van der Waals surface area contributed by atoms with Gasteiger partial charge in [-0.1, -0.05) is 6.07 Å². The first-order valence-corrected chi connectivity index (χ1v) is 5.11. The van der Waals surface area contributed by atoms with E-state index in [2.05, 4.69) is 0 Å². The summed E-state index contributed by atoms with van der Waals surface area (Å²) < 4.78 is 18.5. The number of halogens is 1. The van der Waals surface area contributed by atoms with Crippen LogP contribution in [0.5, 0.6) is 0 Å². The van der Waals surface area contributed by atoms with Crippen LogP contribution in [0.2, 0.25) is 0 Å². The van der Waals surface area contributed by atoms with Crippen molar-refractivity contribution in [2.45, 2.75) is 24.9 Å². The van der Waals surface area contributed by atoms with Gasteiger partial charge in [-0.2, -0.15) is 0 Å². The quantitative estimate of drug-likeness (QED) is 0.851. The van der Waals surface area contributed by atoms with Crippen LogP contribution in [-0.4, -0.2) is 18.2 Å². The maximum absolute atomic E-state index is 13.6. The van der Waals surface area contributed by atoms with Crippen molar-refractivity contribution >= 4 is 5.97 Å². The number of aliphatic carboxylic acids is 1. The third kappa shape index (κ3) is 1.69. The molecule has 1 aromatic carbocycles. The summed E-state index contributed by atoms with van der Waals surface area (Å²) in [5.41, 5.74) is 0.0920. The van der Waals surface area contributed by atoms with Crippen molar-refractivity contribution in [3.8, 4) is 0 Å². The van der Waals surface area contributed by atoms with E-state index in [-0.39, 0.29) is 5.56 Å². The Bertz CT molecular complexity index is 424. The SMILES string of the molecule is COCc1ccc(F)c(C2(C(=O)O)CC2)c1. The van der Waals surface area contributed by atoms with E-state index in [1.165, 1.54) is 6.07 Å². The van der Waals surface area contributed by atoms with Crippen LogP contribution >= 0.6 is 0 Å². The molecule has 0 atom stereocenters. The average molecular weight is 224 g/mol. The van der Waals surface area contributed by atoms with Gasteiger partial charge in [-0.05, 0) is 30.5 Å². The molecule has 1 N–H and O–H groups in total. The Morgan fingerprint density at radius 1 is 1.56 bits per heavy atom. The summed E-state index contributed by atoms with van der Waals surface area (Å²) in [6.07, 6.45) is 1.02. The van der Waals surface area contributed by atoms with Crippen molar-refractivity contribution in [2.24, 2.45) is 0 Å². The molecule has 0 aromatic heterocycles. The zero-order valence-corrected chi connectivity index (χ0v) is 9.00. The van der Waals surface area contributed by atoms with Gasteiger partial charge in [0.25, 0.3) is 0 Å². The molecule has 3 nitrogen and oxygen atoms in total. The van der Waals surface area contributed by atoms with Gasteiger partial charge in [-0.15, -0.1) is 0 Å². The minimum atomic E-state index is -0.992. The molecule has 1 aromatic rings. The summed E-state index contributed by atoms with van der Waals surface area (Å²) in [5, 5.41) is 9.10. The Morgan fingerprint density at radius 2 is 2.25 bits per heavy atom. The monoisotopic (exact) mass is 224 g/mol. The molecule has 0 saturated heterocycles. The van der Waals surface area contributed by atoms with Crippen molar-refractivity contribution in [3.63, 3.8) is 0 Å². The van der Waals surface area contributed by atoms with Crippen LogP contribution in [0.15, 0.2) is 18.2 Å². The number of methoxy groups -OCH3 is 1. The number of carboxylic acid groups (broad SMARTS) is 1. The van der Waals surface area contributed by atoms with Crippen molar-refractivity contribution in [3.05, 3.63) is 35.1 Å². The third-order valence-corrected chi connectivity index (χ3v) is 3.02. The molecule has 1 fully saturated rings. The summed E-state index contributed by atoms with van der Waals surface area (Å²) in [4.78, 5) is 11.1. The largest absolute Gasteiger partial charge is 0.481 e. The molecule has 0 bridgehead atoms. The van der Waals surface area contributed by atoms with Crippen LogP contribution in [0.25, 0.3) is 0 Å². The number of benzene rings is 1. The van der Waals surface area contributed by atoms with E-state index in [0.29, 0.717) is 19.4 Å². The van der Waals surface area contributed by atoms with E-state index in [1.54, 1.807) is 19.2 Å². The minimum absolute atomic E-state index is 0.287. The Balaban J connectivity index is 2.40. The number of ether oxygens (including phenoxy) is 1. The fourth-order valence-corrected chi connectivity index (χ4v) is 1.92. The molecule has 1 aliphatic rings. The Kier molecular flexibility index (Phi) is 2.68. The van der Waals surface area contributed by atoms with Gasteiger partial charge in [0.1, 0.15) is 5.82 Å². The second-order valence-electron chi connectivity index (χ2n) is 4.13. The smallest absolute Gasteiger partial charge is 0.314 e. The van der Waals surface area contributed by atoms with Crippen LogP contribution in [-0.2, 0) is 21.6 Å². The van der Waals surface area contributed by atoms with Crippen LogP contribution in [0.4, 0.5) is 4.39 Å². The zero-order valence-electron chi connectivity index (χ0n) is 9.00. The summed E-state index contributed by atoms with van der Waals surface area (Å²) in [6, 6.07) is 4.52. The van der Waals surface area contributed by atoms with Crippen LogP contribution in [0.1, 0.15) is 24.0 Å². The molecule has 4 heteroatoms. The number of carboxylic acids is 1. The molecule has 1 saturated carbocycles. The zero-order chi connectivity index (χ0) is 11.8. The lowest BCUT2D eigenvalue weighted by atomic mass is 9.94. The molecule has 86 valence electrons. The highest BCUT2D eigenvalue weighted by molar-refractivity contribution is 5.85. The highest BCUT2D eigenvalue weighted by Gasteiger charge is 2.53.